The second-order valence-electron chi connectivity index (χ2n) is 5.37. The molecule has 0 aliphatic heterocycles. The van der Waals surface area contributed by atoms with E-state index in [4.69, 9.17) is 10.00 Å². The van der Waals surface area contributed by atoms with Crippen molar-refractivity contribution in [3.8, 4) is 11.8 Å². The molecule has 0 bridgehead atoms. The summed E-state index contributed by atoms with van der Waals surface area (Å²) in [6, 6.07) is 9.85. The molecule has 130 valence electrons. The van der Waals surface area contributed by atoms with Gasteiger partial charge in [0.2, 0.25) is 0 Å². The van der Waals surface area contributed by atoms with E-state index in [1.54, 1.807) is 32.0 Å². The number of benzene rings is 1. The Balaban J connectivity index is 2.39. The van der Waals surface area contributed by atoms with E-state index in [0.29, 0.717) is 23.1 Å². The lowest BCUT2D eigenvalue weighted by molar-refractivity contribution is -0.142. The molecule has 0 saturated carbocycles. The molecule has 1 aromatic carbocycles. The monoisotopic (exact) mass is 341 g/mol. The van der Waals surface area contributed by atoms with E-state index in [9.17, 15) is 9.59 Å². The van der Waals surface area contributed by atoms with E-state index in [0.717, 1.165) is 0 Å². The van der Waals surface area contributed by atoms with Crippen LogP contribution in [-0.2, 0) is 9.53 Å². The second kappa shape index (κ2) is 8.11. The number of aromatic nitrogens is 1. The van der Waals surface area contributed by atoms with E-state index in [1.165, 1.54) is 13.2 Å². The quantitative estimate of drug-likeness (QED) is 0.808. The summed E-state index contributed by atoms with van der Waals surface area (Å²) < 4.78 is 10.3. The molecule has 0 aliphatic rings. The van der Waals surface area contributed by atoms with Crippen LogP contribution in [0.25, 0.3) is 10.9 Å². The van der Waals surface area contributed by atoms with E-state index < -0.39 is 24.0 Å². The maximum atomic E-state index is 12.5. The van der Waals surface area contributed by atoms with Crippen LogP contribution in [0.1, 0.15) is 30.8 Å². The minimum atomic E-state index is -0.756. The third-order valence-corrected chi connectivity index (χ3v) is 3.60. The predicted molar refractivity (Wildman–Crippen MR) is 91.0 cm³/mol. The average molecular weight is 341 g/mol. The number of hydrogen-bond acceptors (Lipinski definition) is 6. The first kappa shape index (κ1) is 18.2. The first-order valence-electron chi connectivity index (χ1n) is 7.84. The number of esters is 1. The van der Waals surface area contributed by atoms with Crippen LogP contribution in [0, 0.1) is 11.3 Å². The Labute approximate surface area is 145 Å². The molecule has 25 heavy (non-hydrogen) atoms. The second-order valence-corrected chi connectivity index (χ2v) is 5.37. The summed E-state index contributed by atoms with van der Waals surface area (Å²) in [5.74, 6) is -0.653. The van der Waals surface area contributed by atoms with E-state index >= 15 is 0 Å². The Kier molecular flexibility index (Phi) is 5.90. The number of para-hydroxylation sites is 1. The van der Waals surface area contributed by atoms with Crippen molar-refractivity contribution in [2.75, 3.05) is 7.11 Å². The molecule has 2 atom stereocenters. The molecule has 7 heteroatoms. The van der Waals surface area contributed by atoms with Crippen molar-refractivity contribution in [3.63, 3.8) is 0 Å². The van der Waals surface area contributed by atoms with Crippen LogP contribution in [0.5, 0.6) is 5.75 Å². The summed E-state index contributed by atoms with van der Waals surface area (Å²) in [5.41, 5.74) is 0.655. The van der Waals surface area contributed by atoms with E-state index in [2.05, 4.69) is 15.0 Å². The molecule has 0 fully saturated rings. The number of rotatable bonds is 6. The number of nitrogens with one attached hydrogen (secondary N) is 1. The largest absolute Gasteiger partial charge is 0.475 e. The van der Waals surface area contributed by atoms with Crippen molar-refractivity contribution in [3.05, 3.63) is 36.0 Å². The fraction of sp³-hybridized carbons (Fsp3) is 0.333. The zero-order chi connectivity index (χ0) is 18.4. The molecule has 0 saturated heterocycles. The molecule has 1 aromatic heterocycles. The van der Waals surface area contributed by atoms with Crippen molar-refractivity contribution in [2.24, 2.45) is 0 Å². The van der Waals surface area contributed by atoms with Gasteiger partial charge >= 0.3 is 5.97 Å². The van der Waals surface area contributed by atoms with Crippen LogP contribution in [0.4, 0.5) is 0 Å². The molecular weight excluding hydrogens is 322 g/mol. The number of hydrogen-bond donors (Lipinski definition) is 1. The highest BCUT2D eigenvalue weighted by atomic mass is 16.5. The van der Waals surface area contributed by atoms with Gasteiger partial charge in [0.05, 0.1) is 12.6 Å². The van der Waals surface area contributed by atoms with Gasteiger partial charge in [-0.05, 0) is 25.5 Å². The minimum Gasteiger partial charge on any atom is -0.475 e. The van der Waals surface area contributed by atoms with Gasteiger partial charge in [0.1, 0.15) is 23.6 Å². The number of nitriles is 1. The van der Waals surface area contributed by atoms with Gasteiger partial charge in [0.25, 0.3) is 5.91 Å². The van der Waals surface area contributed by atoms with Crippen LogP contribution in [0.3, 0.4) is 0 Å². The standard InChI is InChI=1S/C18H19N3O4/c1-4-13(18(23)24-3)21-17(22)15-9-16(25-11(2)10-19)12-7-5-6-8-14(12)20-15/h5-9,11,13H,4H2,1-3H3,(H,21,22). The molecule has 2 aromatic rings. The first-order valence-corrected chi connectivity index (χ1v) is 7.84. The number of amides is 1. The average Bonchev–Trinajstić information content (AvgIpc) is 2.64. The third kappa shape index (κ3) is 4.23. The van der Waals surface area contributed by atoms with Gasteiger partial charge in [0, 0.05) is 11.5 Å². The van der Waals surface area contributed by atoms with Gasteiger partial charge in [-0.15, -0.1) is 0 Å². The normalized spacial score (nSPS) is 12.7. The Hall–Kier alpha value is -3.14. The summed E-state index contributed by atoms with van der Waals surface area (Å²) >= 11 is 0. The van der Waals surface area contributed by atoms with Crippen LogP contribution in [-0.4, -0.2) is 36.1 Å². The van der Waals surface area contributed by atoms with Crippen molar-refractivity contribution in [1.82, 2.24) is 10.3 Å². The summed E-state index contributed by atoms with van der Waals surface area (Å²) in [7, 11) is 1.26. The van der Waals surface area contributed by atoms with E-state index in [-0.39, 0.29) is 5.69 Å². The number of nitrogens with zero attached hydrogens (tertiary/aromatic N) is 2. The third-order valence-electron chi connectivity index (χ3n) is 3.60. The van der Waals surface area contributed by atoms with E-state index in [1.807, 2.05) is 12.1 Å². The summed E-state index contributed by atoms with van der Waals surface area (Å²) in [6.45, 7) is 3.37. The predicted octanol–water partition coefficient (Wildman–Crippen LogP) is 2.21. The molecule has 0 spiro atoms. The Morgan fingerprint density at radius 3 is 2.72 bits per heavy atom. The SMILES string of the molecule is CCC(NC(=O)c1cc(OC(C)C#N)c2ccccc2n1)C(=O)OC. The molecule has 2 unspecified atom stereocenters. The molecule has 2 rings (SSSR count). The van der Waals surface area contributed by atoms with Crippen LogP contribution in [0.2, 0.25) is 0 Å². The molecule has 1 heterocycles. The first-order chi connectivity index (χ1) is 12.0. The lowest BCUT2D eigenvalue weighted by Crippen LogP contribution is -2.41. The Morgan fingerprint density at radius 1 is 1.36 bits per heavy atom. The van der Waals surface area contributed by atoms with Gasteiger partial charge in [-0.25, -0.2) is 9.78 Å². The fourth-order valence-corrected chi connectivity index (χ4v) is 2.28. The van der Waals surface area contributed by atoms with Crippen LogP contribution < -0.4 is 10.1 Å². The van der Waals surface area contributed by atoms with Gasteiger partial charge in [-0.1, -0.05) is 19.1 Å². The topological polar surface area (TPSA) is 101 Å². The zero-order valence-corrected chi connectivity index (χ0v) is 14.3. The van der Waals surface area contributed by atoms with Gasteiger partial charge < -0.3 is 14.8 Å². The Morgan fingerprint density at radius 2 is 2.08 bits per heavy atom. The number of pyridine rings is 1. The number of fused-ring (bicyclic) bond motifs is 1. The van der Waals surface area contributed by atoms with Crippen LogP contribution in [0.15, 0.2) is 30.3 Å². The fourth-order valence-electron chi connectivity index (χ4n) is 2.28. The van der Waals surface area contributed by atoms with Crippen molar-refractivity contribution in [1.29, 1.82) is 5.26 Å². The highest BCUT2D eigenvalue weighted by molar-refractivity contribution is 5.98. The minimum absolute atomic E-state index is 0.0983. The summed E-state index contributed by atoms with van der Waals surface area (Å²) in [6.07, 6.45) is -0.291. The lowest BCUT2D eigenvalue weighted by atomic mass is 10.1. The number of carbonyl (C=O) groups excluding carboxylic acids is 2. The highest BCUT2D eigenvalue weighted by Gasteiger charge is 2.22. The zero-order valence-electron chi connectivity index (χ0n) is 14.3. The van der Waals surface area contributed by atoms with Gasteiger partial charge in [0.15, 0.2) is 6.10 Å². The number of ether oxygens (including phenoxy) is 2. The lowest BCUT2D eigenvalue weighted by Gasteiger charge is -2.16. The summed E-state index contributed by atoms with van der Waals surface area (Å²) in [5, 5.41) is 12.3. The van der Waals surface area contributed by atoms with Gasteiger partial charge in [-0.2, -0.15) is 5.26 Å². The van der Waals surface area contributed by atoms with Crippen molar-refractivity contribution >= 4 is 22.8 Å². The molecule has 1 N–H and O–H groups in total. The molecule has 7 nitrogen and oxygen atoms in total. The van der Waals surface area contributed by atoms with Crippen LogP contribution >= 0.6 is 0 Å². The summed E-state index contributed by atoms with van der Waals surface area (Å²) in [4.78, 5) is 28.5. The number of carbonyl (C=O) groups is 2. The van der Waals surface area contributed by atoms with Gasteiger partial charge in [-0.3, -0.25) is 4.79 Å². The Bertz CT molecular complexity index is 829. The number of methoxy groups -OCH3 is 1. The van der Waals surface area contributed by atoms with Crippen molar-refractivity contribution < 1.29 is 19.1 Å². The maximum Gasteiger partial charge on any atom is 0.328 e. The maximum absolute atomic E-state index is 12.5. The molecule has 0 radical (unpaired) electrons. The highest BCUT2D eigenvalue weighted by Crippen LogP contribution is 2.26. The van der Waals surface area contributed by atoms with Crippen molar-refractivity contribution in [2.45, 2.75) is 32.4 Å². The molecule has 1 amide bonds. The molecular formula is C18H19N3O4. The smallest absolute Gasteiger partial charge is 0.328 e. The molecule has 0 aliphatic carbocycles.